The van der Waals surface area contributed by atoms with Gasteiger partial charge in [-0.25, -0.2) is 0 Å². The van der Waals surface area contributed by atoms with Gasteiger partial charge < -0.3 is 0 Å². The van der Waals surface area contributed by atoms with Crippen LogP contribution in [0.1, 0.15) is 11.1 Å². The monoisotopic (exact) mass is 358 g/mol. The lowest BCUT2D eigenvalue weighted by atomic mass is 9.85. The van der Waals surface area contributed by atoms with Crippen molar-refractivity contribution in [2.24, 2.45) is 0 Å². The van der Waals surface area contributed by atoms with Gasteiger partial charge in [0.15, 0.2) is 0 Å². The molecule has 5 aromatic carbocycles. The van der Waals surface area contributed by atoms with Crippen molar-refractivity contribution >= 4 is 21.5 Å². The molecule has 0 aliphatic carbocycles. The first-order chi connectivity index (χ1) is 13.7. The molecule has 0 radical (unpaired) electrons. The zero-order valence-electron chi connectivity index (χ0n) is 16.2. The molecule has 0 aromatic heterocycles. The normalized spacial score (nSPS) is 11.2. The molecule has 5 aromatic rings. The molecule has 0 heteroatoms. The average Bonchev–Trinajstić information content (AvgIpc) is 2.73. The predicted octanol–water partition coefficient (Wildman–Crippen LogP) is 7.94. The van der Waals surface area contributed by atoms with Gasteiger partial charge in [0.25, 0.3) is 0 Å². The van der Waals surface area contributed by atoms with Crippen LogP contribution in [0.5, 0.6) is 0 Å². The Kier molecular flexibility index (Phi) is 3.98. The topological polar surface area (TPSA) is 0 Å². The fourth-order valence-corrected chi connectivity index (χ4v) is 4.30. The molecule has 0 saturated carbocycles. The van der Waals surface area contributed by atoms with Gasteiger partial charge in [0.05, 0.1) is 0 Å². The molecule has 0 spiro atoms. The van der Waals surface area contributed by atoms with Crippen molar-refractivity contribution in [3.63, 3.8) is 0 Å². The zero-order valence-corrected chi connectivity index (χ0v) is 16.2. The second-order valence-electron chi connectivity index (χ2n) is 7.52. The van der Waals surface area contributed by atoms with Crippen LogP contribution >= 0.6 is 0 Å². The fourth-order valence-electron chi connectivity index (χ4n) is 4.30. The van der Waals surface area contributed by atoms with E-state index >= 15 is 0 Å². The molecule has 0 heterocycles. The Morgan fingerprint density at radius 2 is 0.893 bits per heavy atom. The summed E-state index contributed by atoms with van der Waals surface area (Å²) < 4.78 is 0. The summed E-state index contributed by atoms with van der Waals surface area (Å²) in [6.45, 7) is 4.34. The van der Waals surface area contributed by atoms with Gasteiger partial charge in [0.1, 0.15) is 0 Å². The molecule has 0 atom stereocenters. The zero-order chi connectivity index (χ0) is 19.1. The van der Waals surface area contributed by atoms with Crippen LogP contribution in [0.25, 0.3) is 43.8 Å². The van der Waals surface area contributed by atoms with Gasteiger partial charge >= 0.3 is 0 Å². The van der Waals surface area contributed by atoms with E-state index in [0.29, 0.717) is 0 Å². The summed E-state index contributed by atoms with van der Waals surface area (Å²) in [6.07, 6.45) is 0. The highest BCUT2D eigenvalue weighted by Crippen LogP contribution is 2.44. The molecule has 28 heavy (non-hydrogen) atoms. The van der Waals surface area contributed by atoms with Crippen LogP contribution in [0, 0.1) is 13.8 Å². The Morgan fingerprint density at radius 1 is 0.429 bits per heavy atom. The quantitative estimate of drug-likeness (QED) is 0.281. The number of aryl methyl sites for hydroxylation is 2. The minimum absolute atomic E-state index is 1.27. The van der Waals surface area contributed by atoms with E-state index in [1.54, 1.807) is 0 Å². The van der Waals surface area contributed by atoms with Crippen molar-refractivity contribution in [3.05, 3.63) is 108 Å². The lowest BCUT2D eigenvalue weighted by Gasteiger charge is -2.18. The summed E-state index contributed by atoms with van der Waals surface area (Å²) in [4.78, 5) is 0. The smallest absolute Gasteiger partial charge is 0.00237 e. The van der Waals surface area contributed by atoms with Crippen LogP contribution in [0.3, 0.4) is 0 Å². The van der Waals surface area contributed by atoms with E-state index in [2.05, 4.69) is 111 Å². The van der Waals surface area contributed by atoms with Crippen molar-refractivity contribution in [1.82, 2.24) is 0 Å². The van der Waals surface area contributed by atoms with E-state index in [-0.39, 0.29) is 0 Å². The number of hydrogen-bond donors (Lipinski definition) is 0. The van der Waals surface area contributed by atoms with Crippen LogP contribution in [0.4, 0.5) is 0 Å². The largest absolute Gasteiger partial charge is 0.0620 e. The van der Waals surface area contributed by atoms with Crippen LogP contribution in [-0.4, -0.2) is 0 Å². The SMILES string of the molecule is Cc1ccc(-c2c3ccccc3c(-c3ccccc3C)c3ccccc23)cc1. The second kappa shape index (κ2) is 6.65. The maximum atomic E-state index is 2.27. The highest BCUT2D eigenvalue weighted by molar-refractivity contribution is 6.21. The van der Waals surface area contributed by atoms with Crippen molar-refractivity contribution in [2.75, 3.05) is 0 Å². The minimum Gasteiger partial charge on any atom is -0.0620 e. The summed E-state index contributed by atoms with van der Waals surface area (Å²) in [7, 11) is 0. The average molecular weight is 358 g/mol. The van der Waals surface area contributed by atoms with Gasteiger partial charge in [-0.3, -0.25) is 0 Å². The van der Waals surface area contributed by atoms with Crippen molar-refractivity contribution in [1.29, 1.82) is 0 Å². The van der Waals surface area contributed by atoms with E-state index in [0.717, 1.165) is 0 Å². The maximum Gasteiger partial charge on any atom is -0.00237 e. The molecule has 0 nitrogen and oxygen atoms in total. The third kappa shape index (κ3) is 2.61. The molecule has 0 unspecified atom stereocenters. The summed E-state index contributed by atoms with van der Waals surface area (Å²) in [5.74, 6) is 0. The minimum atomic E-state index is 1.27. The first kappa shape index (κ1) is 16.8. The molecule has 0 N–H and O–H groups in total. The summed E-state index contributed by atoms with van der Waals surface area (Å²) in [5.41, 5.74) is 7.83. The Hall–Kier alpha value is -3.38. The van der Waals surface area contributed by atoms with Gasteiger partial charge in [0.2, 0.25) is 0 Å². The summed E-state index contributed by atoms with van der Waals surface area (Å²) in [6, 6.07) is 35.3. The van der Waals surface area contributed by atoms with Crippen LogP contribution in [-0.2, 0) is 0 Å². The molecular formula is C28H22. The second-order valence-corrected chi connectivity index (χ2v) is 7.52. The number of rotatable bonds is 2. The van der Waals surface area contributed by atoms with Crippen molar-refractivity contribution in [3.8, 4) is 22.3 Å². The van der Waals surface area contributed by atoms with E-state index < -0.39 is 0 Å². The Morgan fingerprint density at radius 3 is 1.43 bits per heavy atom. The molecule has 0 bridgehead atoms. The maximum absolute atomic E-state index is 2.27. The number of fused-ring (bicyclic) bond motifs is 2. The molecule has 0 fully saturated rings. The lowest BCUT2D eigenvalue weighted by molar-refractivity contribution is 1.47. The third-order valence-electron chi connectivity index (χ3n) is 5.69. The van der Waals surface area contributed by atoms with Gasteiger partial charge in [-0.1, -0.05) is 103 Å². The highest BCUT2D eigenvalue weighted by Gasteiger charge is 2.16. The first-order valence-corrected chi connectivity index (χ1v) is 9.80. The molecule has 0 amide bonds. The van der Waals surface area contributed by atoms with Gasteiger partial charge in [-0.15, -0.1) is 0 Å². The van der Waals surface area contributed by atoms with E-state index in [1.165, 1.54) is 54.9 Å². The Bertz CT molecular complexity index is 1250. The molecule has 0 aliphatic rings. The molecular weight excluding hydrogens is 336 g/mol. The van der Waals surface area contributed by atoms with E-state index in [9.17, 15) is 0 Å². The first-order valence-electron chi connectivity index (χ1n) is 9.80. The molecule has 134 valence electrons. The fraction of sp³-hybridized carbons (Fsp3) is 0.0714. The molecule has 0 saturated heterocycles. The van der Waals surface area contributed by atoms with Crippen LogP contribution in [0.15, 0.2) is 97.1 Å². The summed E-state index contributed by atoms with van der Waals surface area (Å²) >= 11 is 0. The predicted molar refractivity (Wildman–Crippen MR) is 122 cm³/mol. The van der Waals surface area contributed by atoms with Crippen molar-refractivity contribution < 1.29 is 0 Å². The van der Waals surface area contributed by atoms with Gasteiger partial charge in [-0.2, -0.15) is 0 Å². The number of benzene rings is 5. The van der Waals surface area contributed by atoms with Crippen molar-refractivity contribution in [2.45, 2.75) is 13.8 Å². The summed E-state index contributed by atoms with van der Waals surface area (Å²) in [5, 5.41) is 5.24. The molecule has 5 rings (SSSR count). The van der Waals surface area contributed by atoms with Gasteiger partial charge in [-0.05, 0) is 63.2 Å². The van der Waals surface area contributed by atoms with E-state index in [1.807, 2.05) is 0 Å². The van der Waals surface area contributed by atoms with Crippen LogP contribution < -0.4 is 0 Å². The van der Waals surface area contributed by atoms with Gasteiger partial charge in [0, 0.05) is 0 Å². The lowest BCUT2D eigenvalue weighted by Crippen LogP contribution is -1.92. The van der Waals surface area contributed by atoms with E-state index in [4.69, 9.17) is 0 Å². The highest BCUT2D eigenvalue weighted by atomic mass is 14.2. The standard InChI is InChI=1S/C28H22/c1-19-15-17-21(18-16-19)27-23-11-5-7-13-25(23)28(22-10-4-3-9-20(22)2)26-14-8-6-12-24(26)27/h3-18H,1-2H3. The van der Waals surface area contributed by atoms with Crippen LogP contribution in [0.2, 0.25) is 0 Å². The number of hydrogen-bond acceptors (Lipinski definition) is 0. The Balaban J connectivity index is 2.00. The Labute approximate surface area is 166 Å². The third-order valence-corrected chi connectivity index (χ3v) is 5.69. The molecule has 0 aliphatic heterocycles.